The van der Waals surface area contributed by atoms with Gasteiger partial charge in [0.25, 0.3) is 0 Å². The summed E-state index contributed by atoms with van der Waals surface area (Å²) in [5, 5.41) is 5.39. The Hall–Kier alpha value is -6.54. The molecule has 0 unspecified atom stereocenters. The van der Waals surface area contributed by atoms with Gasteiger partial charge < -0.3 is 39.9 Å². The van der Waals surface area contributed by atoms with Gasteiger partial charge in [-0.1, -0.05) is 84.7 Å². The number of alkyl carbamates (subject to hydrolysis) is 2. The molecule has 0 spiro atoms. The van der Waals surface area contributed by atoms with E-state index in [4.69, 9.17) is 14.5 Å². The number of carbonyl (C=O) groups is 4. The van der Waals surface area contributed by atoms with Crippen LogP contribution in [0.25, 0.3) is 22.4 Å². The summed E-state index contributed by atoms with van der Waals surface area (Å²) in [6, 6.07) is 12.6. The van der Waals surface area contributed by atoms with E-state index >= 15 is 0 Å². The molecular formula is C48H58N8O6. The molecule has 4 aromatic rings. The average Bonchev–Trinajstić information content (AvgIpc) is 4.10. The predicted octanol–water partition coefficient (Wildman–Crippen LogP) is 7.26. The predicted molar refractivity (Wildman–Crippen MR) is 236 cm³/mol. The van der Waals surface area contributed by atoms with E-state index in [0.717, 1.165) is 53.6 Å². The third-order valence-corrected chi connectivity index (χ3v) is 11.5. The first-order chi connectivity index (χ1) is 29.6. The molecule has 4 amide bonds. The summed E-state index contributed by atoms with van der Waals surface area (Å²) in [7, 11) is 2.56. The van der Waals surface area contributed by atoms with Crippen LogP contribution in [-0.2, 0) is 24.5 Å². The first kappa shape index (κ1) is 45.0. The van der Waals surface area contributed by atoms with E-state index < -0.39 is 24.3 Å². The number of methoxy groups -OCH3 is 2. The largest absolute Gasteiger partial charge is 0.453 e. The minimum absolute atomic E-state index is 0.0126. The Morgan fingerprint density at radius 1 is 0.726 bits per heavy atom. The summed E-state index contributed by atoms with van der Waals surface area (Å²) in [4.78, 5) is 71.0. The number of imidazole rings is 2. The lowest BCUT2D eigenvalue weighted by molar-refractivity contribution is -0.136. The van der Waals surface area contributed by atoms with Crippen molar-refractivity contribution in [3.63, 3.8) is 0 Å². The van der Waals surface area contributed by atoms with Crippen LogP contribution in [0.2, 0.25) is 0 Å². The Labute approximate surface area is 364 Å². The third kappa shape index (κ3) is 10.3. The van der Waals surface area contributed by atoms with Crippen molar-refractivity contribution in [3.8, 4) is 46.1 Å². The number of aromatic amines is 2. The Morgan fingerprint density at radius 2 is 1.24 bits per heavy atom. The number of nitrogens with one attached hydrogen (secondary N) is 4. The minimum Gasteiger partial charge on any atom is -0.453 e. The number of benzene rings is 2. The fourth-order valence-corrected chi connectivity index (χ4v) is 8.01. The van der Waals surface area contributed by atoms with Crippen LogP contribution in [0.4, 0.5) is 9.59 Å². The van der Waals surface area contributed by atoms with E-state index in [1.54, 1.807) is 22.2 Å². The molecule has 0 saturated carbocycles. The molecule has 2 aromatic heterocycles. The fraction of sp³-hybridized carbons (Fsp3) is 0.458. The molecule has 2 aliphatic heterocycles. The number of nitrogens with zero attached hydrogens (tertiary/aromatic N) is 4. The van der Waals surface area contributed by atoms with Crippen molar-refractivity contribution in [1.29, 1.82) is 0 Å². The van der Waals surface area contributed by atoms with E-state index in [9.17, 15) is 19.2 Å². The molecule has 4 N–H and O–H groups in total. The molecule has 2 aliphatic rings. The topological polar surface area (TPSA) is 175 Å². The molecule has 2 saturated heterocycles. The second kappa shape index (κ2) is 19.4. The van der Waals surface area contributed by atoms with E-state index in [-0.39, 0.29) is 41.1 Å². The monoisotopic (exact) mass is 842 g/mol. The number of rotatable bonds is 10. The van der Waals surface area contributed by atoms with Crippen molar-refractivity contribution in [2.24, 2.45) is 11.8 Å². The molecular weight excluding hydrogens is 785 g/mol. The number of amides is 4. The van der Waals surface area contributed by atoms with E-state index in [1.165, 1.54) is 19.8 Å². The highest BCUT2D eigenvalue weighted by Crippen LogP contribution is 2.35. The number of aromatic nitrogens is 4. The van der Waals surface area contributed by atoms with Crippen LogP contribution >= 0.6 is 0 Å². The van der Waals surface area contributed by atoms with Gasteiger partial charge in [0.15, 0.2) is 0 Å². The molecule has 62 heavy (non-hydrogen) atoms. The van der Waals surface area contributed by atoms with Crippen LogP contribution in [0.15, 0.2) is 54.9 Å². The number of ether oxygens (including phenoxy) is 2. The van der Waals surface area contributed by atoms with Crippen molar-refractivity contribution in [2.45, 2.75) is 104 Å². The highest BCUT2D eigenvalue weighted by Gasteiger charge is 2.39. The van der Waals surface area contributed by atoms with Gasteiger partial charge in [-0.3, -0.25) is 9.59 Å². The lowest BCUT2D eigenvalue weighted by atomic mass is 9.86. The number of hydrogen-bond donors (Lipinski definition) is 4. The second-order valence-electron chi connectivity index (χ2n) is 17.5. The van der Waals surface area contributed by atoms with Crippen molar-refractivity contribution < 1.29 is 28.7 Å². The quantitative estimate of drug-likeness (QED) is 0.121. The van der Waals surface area contributed by atoms with Gasteiger partial charge in [-0.25, -0.2) is 19.6 Å². The van der Waals surface area contributed by atoms with Gasteiger partial charge in [0.1, 0.15) is 29.4 Å². The molecule has 14 nitrogen and oxygen atoms in total. The van der Waals surface area contributed by atoms with Crippen LogP contribution < -0.4 is 10.6 Å². The molecule has 0 aliphatic carbocycles. The summed E-state index contributed by atoms with van der Waals surface area (Å²) in [6.07, 6.45) is 5.27. The van der Waals surface area contributed by atoms with Gasteiger partial charge in [-0.15, -0.1) is 0 Å². The Balaban J connectivity index is 1.24. The zero-order valence-electron chi connectivity index (χ0n) is 37.1. The molecule has 2 fully saturated rings. The van der Waals surface area contributed by atoms with Crippen LogP contribution in [0.5, 0.6) is 0 Å². The summed E-state index contributed by atoms with van der Waals surface area (Å²) < 4.78 is 9.55. The lowest BCUT2D eigenvalue weighted by Gasteiger charge is -2.30. The Bertz CT molecular complexity index is 2390. The number of likely N-dealkylation sites (tertiary alicyclic amines) is 2. The molecule has 4 heterocycles. The summed E-state index contributed by atoms with van der Waals surface area (Å²) >= 11 is 0. The molecule has 6 rings (SSSR count). The number of carbonyl (C=O) groups excluding carboxylic acids is 4. The maximum atomic E-state index is 13.7. The maximum Gasteiger partial charge on any atom is 0.407 e. The molecule has 0 bridgehead atoms. The molecule has 2 aromatic carbocycles. The first-order valence-corrected chi connectivity index (χ1v) is 21.3. The van der Waals surface area contributed by atoms with Crippen molar-refractivity contribution >= 4 is 24.0 Å². The highest BCUT2D eigenvalue weighted by molar-refractivity contribution is 5.87. The maximum absolute atomic E-state index is 13.7. The smallest absolute Gasteiger partial charge is 0.407 e. The van der Waals surface area contributed by atoms with Gasteiger partial charge in [0.2, 0.25) is 11.8 Å². The molecule has 326 valence electrons. The Morgan fingerprint density at radius 3 is 1.77 bits per heavy atom. The summed E-state index contributed by atoms with van der Waals surface area (Å²) in [5.74, 6) is 13.1. The van der Waals surface area contributed by atoms with Crippen molar-refractivity contribution in [2.75, 3.05) is 27.3 Å². The third-order valence-electron chi connectivity index (χ3n) is 11.5. The van der Waals surface area contributed by atoms with Gasteiger partial charge >= 0.3 is 12.2 Å². The highest BCUT2D eigenvalue weighted by atomic mass is 16.5. The standard InChI is InChI=1S/C48H58N8O6/c1-29(2)40(53-46(59)61-8)44(57)55-24-12-16-38(55)42-49-27-35(51-42)15-11-10-14-31-18-19-33(26-36(31)32-20-22-34(23-21-32)48(5,6)7)37-28-50-43(52-37)39-17-13-25-56(39)45(58)41(30(3)4)54-47(60)62-9/h18-23,26-30,38-41H,12-13,16-17,24-25H2,1-9H3,(H,49,51)(H,50,52)(H,53,59)(H,54,60)/t38-,39-,40-,41-/m0/s1. The van der Waals surface area contributed by atoms with Gasteiger partial charge in [0, 0.05) is 24.2 Å². The van der Waals surface area contributed by atoms with Crippen molar-refractivity contribution in [1.82, 2.24) is 40.4 Å². The molecule has 14 heteroatoms. The van der Waals surface area contributed by atoms with Crippen LogP contribution in [0.1, 0.15) is 115 Å². The van der Waals surface area contributed by atoms with E-state index in [2.05, 4.69) is 100 Å². The lowest BCUT2D eigenvalue weighted by Crippen LogP contribution is -2.51. The fourth-order valence-electron chi connectivity index (χ4n) is 8.01. The number of H-pyrrole nitrogens is 2. The zero-order chi connectivity index (χ0) is 44.7. The Kier molecular flexibility index (Phi) is 14.1. The van der Waals surface area contributed by atoms with Crippen LogP contribution in [0, 0.1) is 35.5 Å². The second-order valence-corrected chi connectivity index (χ2v) is 17.5. The van der Waals surface area contributed by atoms with Gasteiger partial charge in [-0.2, -0.15) is 0 Å². The summed E-state index contributed by atoms with van der Waals surface area (Å²) in [6.45, 7) is 15.2. The van der Waals surface area contributed by atoms with Crippen molar-refractivity contribution in [3.05, 3.63) is 83.3 Å². The average molecular weight is 843 g/mol. The molecule has 0 radical (unpaired) electrons. The summed E-state index contributed by atoms with van der Waals surface area (Å²) in [5.41, 5.74) is 6.21. The van der Waals surface area contributed by atoms with E-state index in [0.29, 0.717) is 30.4 Å². The normalized spacial score (nSPS) is 17.1. The van der Waals surface area contributed by atoms with E-state index in [1.807, 2.05) is 39.8 Å². The minimum atomic E-state index is -0.720. The number of hydrogen-bond acceptors (Lipinski definition) is 8. The van der Waals surface area contributed by atoms with Gasteiger partial charge in [-0.05, 0) is 89.5 Å². The van der Waals surface area contributed by atoms with Gasteiger partial charge in [0.05, 0.1) is 44.4 Å². The first-order valence-electron chi connectivity index (χ1n) is 21.3. The zero-order valence-corrected chi connectivity index (χ0v) is 37.1. The van der Waals surface area contributed by atoms with Crippen LogP contribution in [-0.4, -0.2) is 93.1 Å². The SMILES string of the molecule is COC(=O)N[C@H](C(=O)N1CCC[C@H]1c1ncc(C#CC#Cc2ccc(-c3cnc([C@@H]4CCCN4C(=O)[C@@H](NC(=O)OC)C(C)C)[nH]3)cc2-c2ccc(C(C)(C)C)cc2)[nH]1)C(C)C. The molecule has 4 atom stereocenters. The van der Waals surface area contributed by atoms with Crippen LogP contribution in [0.3, 0.4) is 0 Å².